The van der Waals surface area contributed by atoms with Crippen molar-refractivity contribution in [3.8, 4) is 11.5 Å². The first kappa shape index (κ1) is 50.5. The minimum absolute atomic E-state index is 0.0149. The minimum atomic E-state index is -1.38. The summed E-state index contributed by atoms with van der Waals surface area (Å²) in [6.07, 6.45) is 4.00. The van der Waals surface area contributed by atoms with Crippen molar-refractivity contribution in [2.75, 3.05) is 19.6 Å². The third kappa shape index (κ3) is 13.6. The van der Waals surface area contributed by atoms with Gasteiger partial charge in [0, 0.05) is 18.7 Å². The van der Waals surface area contributed by atoms with E-state index >= 15 is 0 Å². The summed E-state index contributed by atoms with van der Waals surface area (Å²) in [6.45, 7) is 1.04. The van der Waals surface area contributed by atoms with Crippen molar-refractivity contribution in [3.63, 3.8) is 0 Å². The summed E-state index contributed by atoms with van der Waals surface area (Å²) >= 11 is 0. The number of amides is 7. The van der Waals surface area contributed by atoms with E-state index in [0.29, 0.717) is 41.9 Å². The maximum absolute atomic E-state index is 14.9. The van der Waals surface area contributed by atoms with Gasteiger partial charge < -0.3 is 47.1 Å². The fourth-order valence-corrected chi connectivity index (χ4v) is 8.72. The van der Waals surface area contributed by atoms with Gasteiger partial charge in [0.05, 0.1) is 23.7 Å². The van der Waals surface area contributed by atoms with Gasteiger partial charge in [0.25, 0.3) is 17.7 Å². The van der Waals surface area contributed by atoms with Gasteiger partial charge in [0.1, 0.15) is 29.6 Å². The Balaban J connectivity index is 1.19. The summed E-state index contributed by atoms with van der Waals surface area (Å²) in [4.78, 5) is 122. The summed E-state index contributed by atoms with van der Waals surface area (Å²) in [5.74, 6) is -7.49. The number of Topliss-reactive ketones (excluding diaryl/α,β-unsaturated/α-hetero) is 1. The largest absolute Gasteiger partial charge is 0.478 e. The van der Waals surface area contributed by atoms with Crippen molar-refractivity contribution in [1.29, 1.82) is 0 Å². The normalized spacial score (nSPS) is 17.0. The van der Waals surface area contributed by atoms with E-state index in [1.165, 1.54) is 29.2 Å². The molecule has 4 aromatic carbocycles. The van der Waals surface area contributed by atoms with E-state index < -0.39 is 89.7 Å². The van der Waals surface area contributed by atoms with Crippen LogP contribution in [0.2, 0.25) is 0 Å². The van der Waals surface area contributed by atoms with Crippen LogP contribution < -0.4 is 37.1 Å². The number of hydrogen-bond acceptors (Lipinski definition) is 10. The number of para-hydroxylation sites is 1. The summed E-state index contributed by atoms with van der Waals surface area (Å²) in [6, 6.07) is 24.5. The van der Waals surface area contributed by atoms with Crippen molar-refractivity contribution >= 4 is 53.1 Å². The Hall–Kier alpha value is -7.89. The number of rotatable bonds is 21. The van der Waals surface area contributed by atoms with E-state index in [4.69, 9.17) is 10.5 Å². The highest BCUT2D eigenvalue weighted by atomic mass is 16.5. The lowest BCUT2D eigenvalue weighted by atomic mass is 9.83. The van der Waals surface area contributed by atoms with E-state index in [0.717, 1.165) is 19.3 Å². The molecule has 8 N–H and O–H groups in total. The number of benzene rings is 4. The molecule has 7 amide bonds. The first-order valence-corrected chi connectivity index (χ1v) is 23.0. The molecule has 5 atom stereocenters. The Labute approximate surface area is 399 Å². The Morgan fingerprint density at radius 2 is 1.35 bits per heavy atom. The Morgan fingerprint density at radius 3 is 1.99 bits per heavy atom. The highest BCUT2D eigenvalue weighted by Crippen LogP contribution is 2.31. The summed E-state index contributed by atoms with van der Waals surface area (Å²) in [5, 5.41) is 22.9. The lowest BCUT2D eigenvalue weighted by Crippen LogP contribution is -2.58. The van der Waals surface area contributed by atoms with Gasteiger partial charge in [-0.05, 0) is 91.6 Å². The number of ketones is 1. The zero-order valence-corrected chi connectivity index (χ0v) is 38.2. The Morgan fingerprint density at radius 1 is 0.725 bits per heavy atom. The number of primary amides is 1. The van der Waals surface area contributed by atoms with E-state index in [-0.39, 0.29) is 43.0 Å². The van der Waals surface area contributed by atoms with Crippen LogP contribution in [0.3, 0.4) is 0 Å². The molecule has 0 aromatic heterocycles. The van der Waals surface area contributed by atoms with Gasteiger partial charge in [0.2, 0.25) is 29.4 Å². The number of carbonyl (C=O) groups is 9. The molecule has 18 nitrogen and oxygen atoms in total. The molecule has 6 rings (SSSR count). The van der Waals surface area contributed by atoms with Crippen molar-refractivity contribution in [3.05, 3.63) is 131 Å². The average Bonchev–Trinajstić information content (AvgIpc) is 3.80. The molecule has 362 valence electrons. The standard InChI is InChI=1S/C51H57N7O11/c1-2-14-39(44(60)49(65)54-29-41(59)56-42(45(52)61)32-15-6-3-7-16-32)55-48(64)40-27-31(28-53-46(62)34-23-25-36(26-24-34)69-35-19-10-5-11-20-35)30-58(40)50(66)43(33-17-8-4-9-18-33)57-47(63)37-21-12-13-22-38(37)51(67)68/h3,5-7,10-13,15-16,19-26,31,33,39-40,42-43H,2,4,8-9,14,17-18,27-30H2,1H3,(H2,52,61)(H,53,62)(H,54,65)(H,55,64)(H,56,59)(H,57,63)(H,67,68)/t31-,39?,40-,42-,43-/m0/s1. The van der Waals surface area contributed by atoms with Gasteiger partial charge >= 0.3 is 5.97 Å². The van der Waals surface area contributed by atoms with Crippen molar-refractivity contribution in [2.24, 2.45) is 17.6 Å². The highest BCUT2D eigenvalue weighted by molar-refractivity contribution is 6.38. The van der Waals surface area contributed by atoms with E-state index in [2.05, 4.69) is 26.6 Å². The van der Waals surface area contributed by atoms with Gasteiger partial charge in [-0.15, -0.1) is 0 Å². The van der Waals surface area contributed by atoms with Crippen LogP contribution in [0.5, 0.6) is 11.5 Å². The number of aromatic carboxylic acids is 1. The van der Waals surface area contributed by atoms with Gasteiger partial charge in [-0.3, -0.25) is 38.4 Å². The quantitative estimate of drug-likeness (QED) is 0.0590. The monoisotopic (exact) mass is 943 g/mol. The van der Waals surface area contributed by atoms with Crippen LogP contribution in [0.25, 0.3) is 0 Å². The Bertz CT molecular complexity index is 2500. The van der Waals surface area contributed by atoms with Gasteiger partial charge in [-0.2, -0.15) is 0 Å². The number of carbonyl (C=O) groups excluding carboxylic acids is 8. The molecule has 0 spiro atoms. The lowest BCUT2D eigenvalue weighted by Gasteiger charge is -2.35. The summed E-state index contributed by atoms with van der Waals surface area (Å²) in [7, 11) is 0. The molecule has 69 heavy (non-hydrogen) atoms. The summed E-state index contributed by atoms with van der Waals surface area (Å²) in [5.41, 5.74) is 5.85. The first-order chi connectivity index (χ1) is 33.2. The van der Waals surface area contributed by atoms with Gasteiger partial charge in [-0.25, -0.2) is 4.79 Å². The van der Waals surface area contributed by atoms with E-state index in [1.54, 1.807) is 73.7 Å². The number of nitrogens with zero attached hydrogens (tertiary/aromatic N) is 1. The second-order valence-corrected chi connectivity index (χ2v) is 17.2. The van der Waals surface area contributed by atoms with Crippen LogP contribution in [0.15, 0.2) is 109 Å². The maximum Gasteiger partial charge on any atom is 0.336 e. The molecule has 1 aliphatic heterocycles. The third-order valence-corrected chi connectivity index (χ3v) is 12.3. The molecule has 1 unspecified atom stereocenters. The molecular formula is C51H57N7O11. The fraction of sp³-hybridized carbons (Fsp3) is 0.353. The molecule has 18 heteroatoms. The minimum Gasteiger partial charge on any atom is -0.478 e. The van der Waals surface area contributed by atoms with Crippen molar-refractivity contribution in [1.82, 2.24) is 31.5 Å². The maximum atomic E-state index is 14.9. The number of ether oxygens (including phenoxy) is 1. The molecule has 0 bridgehead atoms. The number of carboxylic acids is 1. The van der Waals surface area contributed by atoms with Gasteiger partial charge in [0.15, 0.2) is 0 Å². The van der Waals surface area contributed by atoms with Crippen LogP contribution in [-0.2, 0) is 28.8 Å². The van der Waals surface area contributed by atoms with Gasteiger partial charge in [-0.1, -0.05) is 93.3 Å². The SMILES string of the molecule is CCCC(NC(=O)[C@@H]1C[C@@H](CNC(=O)c2ccc(Oc3ccccc3)cc2)CN1C(=O)[C@@H](NC(=O)c1ccccc1C(=O)O)C1CCCCC1)C(=O)C(=O)NCC(=O)N[C@H](C(N)=O)c1ccccc1. The molecule has 2 fully saturated rings. The molecule has 1 heterocycles. The van der Waals surface area contributed by atoms with Crippen LogP contribution in [-0.4, -0.2) is 101 Å². The van der Waals surface area contributed by atoms with Crippen LogP contribution in [0.1, 0.15) is 101 Å². The smallest absolute Gasteiger partial charge is 0.336 e. The molecule has 2 aliphatic rings. The number of carboxylic acid groups (broad SMARTS) is 1. The predicted molar refractivity (Wildman–Crippen MR) is 252 cm³/mol. The van der Waals surface area contributed by atoms with Crippen LogP contribution in [0.4, 0.5) is 0 Å². The molecule has 1 saturated carbocycles. The zero-order chi connectivity index (χ0) is 49.5. The number of likely N-dealkylation sites (tertiary alicyclic amines) is 1. The number of nitrogens with one attached hydrogen (secondary N) is 5. The molecule has 1 saturated heterocycles. The van der Waals surface area contributed by atoms with E-state index in [1.807, 2.05) is 18.2 Å². The Kier molecular flexibility index (Phi) is 17.7. The second-order valence-electron chi connectivity index (χ2n) is 17.2. The molecule has 4 aromatic rings. The van der Waals surface area contributed by atoms with Crippen LogP contribution in [0, 0.1) is 11.8 Å². The molecular weight excluding hydrogens is 887 g/mol. The predicted octanol–water partition coefficient (Wildman–Crippen LogP) is 3.82. The zero-order valence-electron chi connectivity index (χ0n) is 38.2. The number of nitrogens with two attached hydrogens (primary N) is 1. The first-order valence-electron chi connectivity index (χ1n) is 23.0. The highest BCUT2D eigenvalue weighted by Gasteiger charge is 2.45. The third-order valence-electron chi connectivity index (χ3n) is 12.3. The van der Waals surface area contributed by atoms with E-state index in [9.17, 15) is 48.3 Å². The fourth-order valence-electron chi connectivity index (χ4n) is 8.72. The molecule has 1 aliphatic carbocycles. The summed E-state index contributed by atoms with van der Waals surface area (Å²) < 4.78 is 5.84. The second kappa shape index (κ2) is 24.2. The lowest BCUT2D eigenvalue weighted by molar-refractivity contribution is -0.143. The van der Waals surface area contributed by atoms with Crippen molar-refractivity contribution < 1.29 is 53.0 Å². The number of hydrogen-bond donors (Lipinski definition) is 7. The van der Waals surface area contributed by atoms with Crippen molar-refractivity contribution in [2.45, 2.75) is 82.5 Å². The molecule has 0 radical (unpaired) electrons. The topological polar surface area (TPSA) is 272 Å². The average molecular weight is 944 g/mol. The van der Waals surface area contributed by atoms with Crippen LogP contribution >= 0.6 is 0 Å².